The van der Waals surface area contributed by atoms with Gasteiger partial charge in [0.25, 0.3) is 0 Å². The van der Waals surface area contributed by atoms with Crippen molar-refractivity contribution in [3.8, 4) is 0 Å². The summed E-state index contributed by atoms with van der Waals surface area (Å²) < 4.78 is 3.04. The molecule has 0 saturated heterocycles. The summed E-state index contributed by atoms with van der Waals surface area (Å²) in [7, 11) is 0. The lowest BCUT2D eigenvalue weighted by atomic mass is 10.1. The molecule has 3 rings (SSSR count). The minimum absolute atomic E-state index is 0.929. The van der Waals surface area contributed by atoms with Gasteiger partial charge in [-0.05, 0) is 0 Å². The van der Waals surface area contributed by atoms with Crippen molar-refractivity contribution < 1.29 is 0 Å². The highest BCUT2D eigenvalue weighted by Gasteiger charge is 1.96. The van der Waals surface area contributed by atoms with Crippen LogP contribution >= 0.6 is 0 Å². The van der Waals surface area contributed by atoms with Crippen molar-refractivity contribution >= 4 is 12.4 Å². The molecule has 20 heavy (non-hydrogen) atoms. The standard InChI is InChI=1S/C12H10N8/c1-2-4-12(6-18-20-9-15-16-10-20)11(3-1)5-17-19-7-13-14-8-19/h1-10H. The lowest BCUT2D eigenvalue weighted by Gasteiger charge is -1.99. The second-order valence-corrected chi connectivity index (χ2v) is 3.80. The third-order valence-electron chi connectivity index (χ3n) is 2.47. The van der Waals surface area contributed by atoms with Crippen molar-refractivity contribution in [2.24, 2.45) is 10.2 Å². The van der Waals surface area contributed by atoms with Gasteiger partial charge in [-0.2, -0.15) is 10.2 Å². The molecule has 1 aromatic carbocycles. The first-order chi connectivity index (χ1) is 9.92. The average Bonchev–Trinajstić information content (AvgIpc) is 3.17. The van der Waals surface area contributed by atoms with Crippen molar-refractivity contribution in [2.45, 2.75) is 0 Å². The zero-order valence-corrected chi connectivity index (χ0v) is 10.4. The van der Waals surface area contributed by atoms with Crippen LogP contribution in [0, 0.1) is 0 Å². The maximum absolute atomic E-state index is 4.22. The van der Waals surface area contributed by atoms with Crippen LogP contribution in [-0.2, 0) is 0 Å². The van der Waals surface area contributed by atoms with Gasteiger partial charge in [-0.25, -0.2) is 9.35 Å². The molecule has 0 radical (unpaired) electrons. The maximum Gasteiger partial charge on any atom is 0.141 e. The maximum atomic E-state index is 4.22. The molecule has 98 valence electrons. The van der Waals surface area contributed by atoms with E-state index in [-0.39, 0.29) is 0 Å². The fourth-order valence-corrected chi connectivity index (χ4v) is 1.51. The number of rotatable bonds is 4. The van der Waals surface area contributed by atoms with Crippen LogP contribution in [-0.4, -0.2) is 42.2 Å². The summed E-state index contributed by atoms with van der Waals surface area (Å²) in [5.41, 5.74) is 1.86. The summed E-state index contributed by atoms with van der Waals surface area (Å²) in [6.45, 7) is 0. The minimum Gasteiger partial charge on any atom is -0.208 e. The predicted molar refractivity (Wildman–Crippen MR) is 72.5 cm³/mol. The molecule has 0 atom stereocenters. The summed E-state index contributed by atoms with van der Waals surface area (Å²) in [6, 6.07) is 7.76. The molecule has 0 aliphatic heterocycles. The smallest absolute Gasteiger partial charge is 0.141 e. The summed E-state index contributed by atoms with van der Waals surface area (Å²) in [6.07, 6.45) is 9.51. The average molecular weight is 266 g/mol. The summed E-state index contributed by atoms with van der Waals surface area (Å²) in [4.78, 5) is 0. The van der Waals surface area contributed by atoms with Crippen LogP contribution in [0.5, 0.6) is 0 Å². The lowest BCUT2D eigenvalue weighted by molar-refractivity contribution is 0.876. The predicted octanol–water partition coefficient (Wildman–Crippen LogP) is 0.634. The van der Waals surface area contributed by atoms with Crippen LogP contribution in [0.1, 0.15) is 11.1 Å². The first-order valence-corrected chi connectivity index (χ1v) is 5.79. The molecular formula is C12H10N8. The molecular weight excluding hydrogens is 256 g/mol. The van der Waals surface area contributed by atoms with Gasteiger partial charge in [0.2, 0.25) is 0 Å². The highest BCUT2D eigenvalue weighted by Crippen LogP contribution is 2.04. The van der Waals surface area contributed by atoms with Crippen molar-refractivity contribution in [1.29, 1.82) is 0 Å². The van der Waals surface area contributed by atoms with Gasteiger partial charge in [0.05, 0.1) is 12.4 Å². The molecule has 0 unspecified atom stereocenters. The molecule has 8 heteroatoms. The third-order valence-corrected chi connectivity index (χ3v) is 2.47. The number of nitrogens with zero attached hydrogens (tertiary/aromatic N) is 8. The van der Waals surface area contributed by atoms with Gasteiger partial charge < -0.3 is 0 Å². The molecule has 0 N–H and O–H groups in total. The Bertz CT molecular complexity index is 649. The Balaban J connectivity index is 1.85. The van der Waals surface area contributed by atoms with Crippen molar-refractivity contribution in [1.82, 2.24) is 29.7 Å². The van der Waals surface area contributed by atoms with E-state index in [1.807, 2.05) is 24.3 Å². The van der Waals surface area contributed by atoms with E-state index in [0.717, 1.165) is 11.1 Å². The Kier molecular flexibility index (Phi) is 3.36. The molecule has 0 bridgehead atoms. The second-order valence-electron chi connectivity index (χ2n) is 3.80. The minimum atomic E-state index is 0.929. The van der Waals surface area contributed by atoms with E-state index in [4.69, 9.17) is 0 Å². The molecule has 2 aromatic heterocycles. The second kappa shape index (κ2) is 5.65. The number of hydrogen-bond donors (Lipinski definition) is 0. The molecule has 0 aliphatic carbocycles. The molecule has 0 amide bonds. The van der Waals surface area contributed by atoms with E-state index >= 15 is 0 Å². The van der Waals surface area contributed by atoms with Crippen LogP contribution < -0.4 is 0 Å². The fourth-order valence-electron chi connectivity index (χ4n) is 1.51. The topological polar surface area (TPSA) is 86.1 Å². The Morgan fingerprint density at radius 2 is 1.10 bits per heavy atom. The van der Waals surface area contributed by atoms with Gasteiger partial charge >= 0.3 is 0 Å². The van der Waals surface area contributed by atoms with E-state index in [1.165, 1.54) is 34.7 Å². The van der Waals surface area contributed by atoms with Crippen LogP contribution in [0.2, 0.25) is 0 Å². The third kappa shape index (κ3) is 2.80. The summed E-state index contributed by atoms with van der Waals surface area (Å²) >= 11 is 0. The number of aromatic nitrogens is 6. The zero-order valence-electron chi connectivity index (χ0n) is 10.4. The highest BCUT2D eigenvalue weighted by molar-refractivity contribution is 5.94. The van der Waals surface area contributed by atoms with Crippen LogP contribution in [0.3, 0.4) is 0 Å². The molecule has 0 fully saturated rings. The zero-order chi connectivity index (χ0) is 13.6. The lowest BCUT2D eigenvalue weighted by Crippen LogP contribution is -1.95. The molecule has 2 heterocycles. The summed E-state index contributed by atoms with van der Waals surface area (Å²) in [5, 5.41) is 23.2. The quantitative estimate of drug-likeness (QED) is 0.648. The number of hydrogen-bond acceptors (Lipinski definition) is 6. The Labute approximate surface area is 114 Å². The van der Waals surface area contributed by atoms with Gasteiger partial charge in [-0.1, -0.05) is 24.3 Å². The van der Waals surface area contributed by atoms with Crippen LogP contribution in [0.4, 0.5) is 0 Å². The number of benzene rings is 1. The van der Waals surface area contributed by atoms with E-state index in [9.17, 15) is 0 Å². The van der Waals surface area contributed by atoms with Crippen molar-refractivity contribution in [3.05, 3.63) is 60.7 Å². The SMILES string of the molecule is C(=Nn1cnnc1)c1ccccc1C=Nn1cnnc1. The molecule has 0 aliphatic rings. The van der Waals surface area contributed by atoms with E-state index in [0.29, 0.717) is 0 Å². The first-order valence-electron chi connectivity index (χ1n) is 5.79. The highest BCUT2D eigenvalue weighted by atomic mass is 15.4. The van der Waals surface area contributed by atoms with Crippen molar-refractivity contribution in [3.63, 3.8) is 0 Å². The molecule has 3 aromatic rings. The van der Waals surface area contributed by atoms with Crippen molar-refractivity contribution in [2.75, 3.05) is 0 Å². The molecule has 0 saturated carbocycles. The molecule has 8 nitrogen and oxygen atoms in total. The van der Waals surface area contributed by atoms with Crippen LogP contribution in [0.25, 0.3) is 0 Å². The van der Waals surface area contributed by atoms with Gasteiger partial charge in [-0.3, -0.25) is 0 Å². The van der Waals surface area contributed by atoms with Crippen LogP contribution in [0.15, 0.2) is 59.8 Å². The fraction of sp³-hybridized carbons (Fsp3) is 0. The normalized spacial score (nSPS) is 11.6. The molecule has 0 spiro atoms. The van der Waals surface area contributed by atoms with Gasteiger partial charge in [0.1, 0.15) is 25.3 Å². The Morgan fingerprint density at radius 3 is 1.50 bits per heavy atom. The monoisotopic (exact) mass is 266 g/mol. The largest absolute Gasteiger partial charge is 0.208 e. The van der Waals surface area contributed by atoms with Gasteiger partial charge in [0.15, 0.2) is 0 Å². The Hall–Kier alpha value is -3.16. The Morgan fingerprint density at radius 1 is 0.700 bits per heavy atom. The van der Waals surface area contributed by atoms with Gasteiger partial charge in [0, 0.05) is 11.1 Å². The first kappa shape index (κ1) is 11.9. The summed E-state index contributed by atoms with van der Waals surface area (Å²) in [5.74, 6) is 0. The van der Waals surface area contributed by atoms with Gasteiger partial charge in [-0.15, -0.1) is 20.4 Å². The van der Waals surface area contributed by atoms with E-state index < -0.39 is 0 Å². The van der Waals surface area contributed by atoms with E-state index in [1.54, 1.807) is 12.4 Å². The van der Waals surface area contributed by atoms with E-state index in [2.05, 4.69) is 30.6 Å².